The zero-order chi connectivity index (χ0) is 33.7. The molecule has 4 aromatic rings. The van der Waals surface area contributed by atoms with Crippen LogP contribution in [-0.4, -0.2) is 73.1 Å². The van der Waals surface area contributed by atoms with Crippen molar-refractivity contribution >= 4 is 27.6 Å². The van der Waals surface area contributed by atoms with Crippen LogP contribution in [0, 0.1) is 0 Å². The van der Waals surface area contributed by atoms with Crippen molar-refractivity contribution in [2.75, 3.05) is 31.6 Å². The van der Waals surface area contributed by atoms with Gasteiger partial charge in [0.25, 0.3) is 0 Å². The van der Waals surface area contributed by atoms with Crippen LogP contribution in [0.15, 0.2) is 60.9 Å². The van der Waals surface area contributed by atoms with E-state index in [1.165, 1.54) is 0 Å². The van der Waals surface area contributed by atoms with E-state index >= 15 is 0 Å². The lowest BCUT2D eigenvalue weighted by atomic mass is 9.76. The SMILES string of the molecule is CC[C@]1(O)CC[C@@H](c2cc(N(COCC[Si](C)(C)C)COCC[Si](C)(C)C)n3ncc(-c4ccc(-c5ccccc5)nc4)c3n2)CC1. The Morgan fingerprint density at radius 3 is 2.06 bits per heavy atom. The molecule has 0 saturated heterocycles. The van der Waals surface area contributed by atoms with Crippen molar-refractivity contribution in [2.45, 2.75) is 102 Å². The summed E-state index contributed by atoms with van der Waals surface area (Å²) < 4.78 is 14.6. The zero-order valence-electron chi connectivity index (χ0n) is 29.6. The molecule has 1 aliphatic rings. The lowest BCUT2D eigenvalue weighted by Crippen LogP contribution is -2.34. The van der Waals surface area contributed by atoms with Gasteiger partial charge in [-0.2, -0.15) is 9.61 Å². The molecule has 0 spiro atoms. The number of aromatic nitrogens is 4. The summed E-state index contributed by atoms with van der Waals surface area (Å²) in [5.74, 6) is 1.18. The molecule has 3 aromatic heterocycles. The molecule has 0 atom stereocenters. The molecule has 3 heterocycles. The van der Waals surface area contributed by atoms with E-state index in [4.69, 9.17) is 24.5 Å². The van der Waals surface area contributed by atoms with Crippen LogP contribution in [0.2, 0.25) is 51.4 Å². The Bertz CT molecular complexity index is 1550. The largest absolute Gasteiger partial charge is 0.390 e. The van der Waals surface area contributed by atoms with Crippen LogP contribution in [0.25, 0.3) is 28.0 Å². The third-order valence-corrected chi connectivity index (χ3v) is 12.8. The summed E-state index contributed by atoms with van der Waals surface area (Å²) in [6, 6.07) is 18.8. The first-order chi connectivity index (χ1) is 22.3. The van der Waals surface area contributed by atoms with Crippen LogP contribution < -0.4 is 4.90 Å². The second-order valence-electron chi connectivity index (χ2n) is 15.7. The summed E-state index contributed by atoms with van der Waals surface area (Å²) in [6.07, 6.45) is 8.00. The van der Waals surface area contributed by atoms with Crippen molar-refractivity contribution in [1.29, 1.82) is 0 Å². The van der Waals surface area contributed by atoms with Gasteiger partial charge in [0.2, 0.25) is 0 Å². The molecule has 1 N–H and O–H groups in total. The van der Waals surface area contributed by atoms with E-state index in [9.17, 15) is 5.11 Å². The molecule has 0 aliphatic heterocycles. The molecule has 1 aromatic carbocycles. The van der Waals surface area contributed by atoms with E-state index in [0.717, 1.165) is 96.9 Å². The molecule has 0 unspecified atom stereocenters. The maximum atomic E-state index is 11.0. The van der Waals surface area contributed by atoms with Gasteiger partial charge in [0.1, 0.15) is 19.3 Å². The van der Waals surface area contributed by atoms with Gasteiger partial charge in [0.05, 0.1) is 17.5 Å². The minimum atomic E-state index is -1.24. The predicted octanol–water partition coefficient (Wildman–Crippen LogP) is 8.69. The molecule has 0 amide bonds. The van der Waals surface area contributed by atoms with Crippen molar-refractivity contribution in [2.24, 2.45) is 0 Å². The van der Waals surface area contributed by atoms with Gasteiger partial charge in [-0.25, -0.2) is 4.98 Å². The van der Waals surface area contributed by atoms with Crippen molar-refractivity contribution in [3.05, 3.63) is 66.6 Å². The van der Waals surface area contributed by atoms with Gasteiger partial charge in [-0.15, -0.1) is 0 Å². The predicted molar refractivity (Wildman–Crippen MR) is 199 cm³/mol. The summed E-state index contributed by atoms with van der Waals surface area (Å²) >= 11 is 0. The lowest BCUT2D eigenvalue weighted by Gasteiger charge is -2.35. The molecule has 254 valence electrons. The maximum Gasteiger partial charge on any atom is 0.165 e. The van der Waals surface area contributed by atoms with E-state index in [-0.39, 0.29) is 5.92 Å². The number of anilines is 1. The van der Waals surface area contributed by atoms with Gasteiger partial charge in [-0.3, -0.25) is 4.98 Å². The van der Waals surface area contributed by atoms with Crippen LogP contribution >= 0.6 is 0 Å². The van der Waals surface area contributed by atoms with Crippen LogP contribution in [0.5, 0.6) is 0 Å². The molecule has 8 nitrogen and oxygen atoms in total. The smallest absolute Gasteiger partial charge is 0.165 e. The highest BCUT2D eigenvalue weighted by molar-refractivity contribution is 6.76. The van der Waals surface area contributed by atoms with Gasteiger partial charge in [0.15, 0.2) is 5.65 Å². The van der Waals surface area contributed by atoms with Gasteiger partial charge >= 0.3 is 0 Å². The first-order valence-corrected chi connectivity index (χ1v) is 24.8. The number of aliphatic hydroxyl groups is 1. The number of benzene rings is 1. The number of ether oxygens (including phenoxy) is 2. The maximum absolute atomic E-state index is 11.0. The molecule has 1 fully saturated rings. The molecular formula is C37H55N5O3Si2. The number of nitrogens with zero attached hydrogens (tertiary/aromatic N) is 5. The average Bonchev–Trinajstić information content (AvgIpc) is 3.48. The number of rotatable bonds is 15. The lowest BCUT2D eigenvalue weighted by molar-refractivity contribution is -0.00448. The monoisotopic (exact) mass is 673 g/mol. The molecule has 47 heavy (non-hydrogen) atoms. The number of hydrogen-bond acceptors (Lipinski definition) is 7. The van der Waals surface area contributed by atoms with Crippen LogP contribution in [-0.2, 0) is 9.47 Å². The molecule has 10 heteroatoms. The molecule has 1 aliphatic carbocycles. The van der Waals surface area contributed by atoms with Gasteiger partial charge < -0.3 is 19.5 Å². The third-order valence-electron chi connectivity index (χ3n) is 9.42. The second kappa shape index (κ2) is 15.1. The fourth-order valence-electron chi connectivity index (χ4n) is 6.02. The number of hydrogen-bond donors (Lipinski definition) is 1. The number of pyridine rings is 1. The fourth-order valence-corrected chi connectivity index (χ4v) is 7.53. The Morgan fingerprint density at radius 1 is 0.872 bits per heavy atom. The summed E-state index contributed by atoms with van der Waals surface area (Å²) in [7, 11) is -2.47. The van der Waals surface area contributed by atoms with E-state index in [0.29, 0.717) is 13.5 Å². The van der Waals surface area contributed by atoms with E-state index in [1.54, 1.807) is 0 Å². The van der Waals surface area contributed by atoms with E-state index in [2.05, 4.69) is 81.4 Å². The zero-order valence-corrected chi connectivity index (χ0v) is 31.6. The van der Waals surface area contributed by atoms with Crippen LogP contribution in [0.4, 0.5) is 5.82 Å². The van der Waals surface area contributed by atoms with Crippen molar-refractivity contribution in [3.8, 4) is 22.4 Å². The fraction of sp³-hybridized carbons (Fsp3) is 0.541. The first-order valence-electron chi connectivity index (χ1n) is 17.4. The highest BCUT2D eigenvalue weighted by Gasteiger charge is 2.33. The summed E-state index contributed by atoms with van der Waals surface area (Å²) in [5.41, 5.74) is 5.21. The minimum absolute atomic E-state index is 0.259. The normalized spacial score (nSPS) is 18.9. The molecule has 5 rings (SSSR count). The molecule has 0 bridgehead atoms. The van der Waals surface area contributed by atoms with Gasteiger partial charge in [-0.1, -0.05) is 82.6 Å². The first kappa shape index (κ1) is 35.4. The van der Waals surface area contributed by atoms with Gasteiger partial charge in [0, 0.05) is 69.9 Å². The highest BCUT2D eigenvalue weighted by Crippen LogP contribution is 2.40. The summed E-state index contributed by atoms with van der Waals surface area (Å²) in [5, 5.41) is 15.9. The molecule has 1 saturated carbocycles. The number of fused-ring (bicyclic) bond motifs is 1. The minimum Gasteiger partial charge on any atom is -0.390 e. The molecule has 0 radical (unpaired) electrons. The van der Waals surface area contributed by atoms with Crippen molar-refractivity contribution in [3.63, 3.8) is 0 Å². The third kappa shape index (κ3) is 9.60. The Kier molecular flexibility index (Phi) is 11.4. The van der Waals surface area contributed by atoms with Crippen molar-refractivity contribution in [1.82, 2.24) is 19.6 Å². The Morgan fingerprint density at radius 2 is 1.51 bits per heavy atom. The molecular weight excluding hydrogens is 619 g/mol. The topological polar surface area (TPSA) is 85.0 Å². The Labute approximate surface area is 283 Å². The average molecular weight is 674 g/mol. The standard InChI is InChI=1S/C37H55N5O3Si2/c1-8-37(43)18-16-30(17-19-37)34-24-35(41(27-44-20-22-46(2,3)4)28-45-21-23-47(5,6)7)42-36(40-34)32(26-39-42)31-14-15-33(38-25-31)29-12-10-9-11-13-29/h9-15,24-26,30,43H,8,16-23,27-28H2,1-7H3/t30-,37+. The van der Waals surface area contributed by atoms with Gasteiger partial charge in [-0.05, 0) is 50.3 Å². The Balaban J connectivity index is 1.51. The van der Waals surface area contributed by atoms with Crippen LogP contribution in [0.3, 0.4) is 0 Å². The summed E-state index contributed by atoms with van der Waals surface area (Å²) in [4.78, 5) is 12.3. The van der Waals surface area contributed by atoms with Crippen LogP contribution in [0.1, 0.15) is 50.6 Å². The highest BCUT2D eigenvalue weighted by atomic mass is 28.3. The Hall–Kier alpha value is -2.90. The summed E-state index contributed by atoms with van der Waals surface area (Å²) in [6.45, 7) is 18.6. The van der Waals surface area contributed by atoms with E-state index in [1.807, 2.05) is 35.1 Å². The van der Waals surface area contributed by atoms with Crippen molar-refractivity contribution < 1.29 is 14.6 Å². The quantitative estimate of drug-likeness (QED) is 0.0768. The second-order valence-corrected chi connectivity index (χ2v) is 27.0. The van der Waals surface area contributed by atoms with E-state index < -0.39 is 21.7 Å².